The largest absolute Gasteiger partial charge is 0.299 e. The zero-order valence-corrected chi connectivity index (χ0v) is 8.08. The lowest BCUT2D eigenvalue weighted by atomic mass is 9.86. The second-order valence-electron chi connectivity index (χ2n) is 3.66. The molecule has 1 saturated carbocycles. The third kappa shape index (κ3) is 3.53. The monoisotopic (exact) mass is 180 g/mol. The molecule has 0 saturated heterocycles. The van der Waals surface area contributed by atoms with E-state index >= 15 is 0 Å². The number of hydrogen-bond acceptors (Lipinski definition) is 2. The van der Waals surface area contributed by atoms with Gasteiger partial charge >= 0.3 is 0 Å². The summed E-state index contributed by atoms with van der Waals surface area (Å²) in [5.41, 5.74) is 0. The van der Waals surface area contributed by atoms with Crippen molar-refractivity contribution in [2.45, 2.75) is 39.0 Å². The Balaban J connectivity index is 2.34. The third-order valence-electron chi connectivity index (χ3n) is 2.45. The van der Waals surface area contributed by atoms with E-state index in [9.17, 15) is 9.59 Å². The van der Waals surface area contributed by atoms with Crippen molar-refractivity contribution in [1.29, 1.82) is 0 Å². The summed E-state index contributed by atoms with van der Waals surface area (Å²) >= 11 is 0. The fourth-order valence-electron chi connectivity index (χ4n) is 1.70. The summed E-state index contributed by atoms with van der Waals surface area (Å²) in [5.74, 6) is 0.618. The Morgan fingerprint density at radius 2 is 2.31 bits per heavy atom. The Hall–Kier alpha value is -0.920. The molecule has 0 heterocycles. The Labute approximate surface area is 79.0 Å². The predicted octanol–water partition coefficient (Wildman–Crippen LogP) is 2.28. The van der Waals surface area contributed by atoms with Crippen molar-refractivity contribution in [3.05, 3.63) is 12.2 Å². The quantitative estimate of drug-likeness (QED) is 0.624. The molecule has 1 aliphatic rings. The van der Waals surface area contributed by atoms with Gasteiger partial charge in [-0.3, -0.25) is 9.59 Å². The molecule has 1 rings (SSSR count). The Morgan fingerprint density at radius 3 is 2.92 bits per heavy atom. The predicted molar refractivity (Wildman–Crippen MR) is 51.4 cm³/mol. The molecule has 2 heteroatoms. The van der Waals surface area contributed by atoms with Crippen LogP contribution in [0.3, 0.4) is 0 Å². The number of ketones is 2. The van der Waals surface area contributed by atoms with Crippen LogP contribution in [0, 0.1) is 5.92 Å². The SMILES string of the molecule is CC(=O)/C=C/CC1CCCCC1=O. The molecule has 1 fully saturated rings. The Bertz CT molecular complexity index is 228. The van der Waals surface area contributed by atoms with E-state index in [-0.39, 0.29) is 11.7 Å². The second kappa shape index (κ2) is 4.95. The van der Waals surface area contributed by atoms with Crippen LogP contribution in [0.5, 0.6) is 0 Å². The zero-order valence-electron chi connectivity index (χ0n) is 8.08. The molecule has 0 spiro atoms. The van der Waals surface area contributed by atoms with Crippen molar-refractivity contribution in [2.75, 3.05) is 0 Å². The molecule has 0 aromatic rings. The van der Waals surface area contributed by atoms with E-state index in [1.54, 1.807) is 6.08 Å². The fourth-order valence-corrected chi connectivity index (χ4v) is 1.70. The van der Waals surface area contributed by atoms with Gasteiger partial charge in [0.2, 0.25) is 0 Å². The van der Waals surface area contributed by atoms with Crippen molar-refractivity contribution < 1.29 is 9.59 Å². The van der Waals surface area contributed by atoms with Crippen molar-refractivity contribution in [2.24, 2.45) is 5.92 Å². The molecule has 0 amide bonds. The molecule has 0 N–H and O–H groups in total. The molecule has 0 radical (unpaired) electrons. The van der Waals surface area contributed by atoms with Crippen LogP contribution >= 0.6 is 0 Å². The lowest BCUT2D eigenvalue weighted by Gasteiger charge is -2.18. The number of Topliss-reactive ketones (excluding diaryl/α,β-unsaturated/α-hetero) is 1. The smallest absolute Gasteiger partial charge is 0.152 e. The van der Waals surface area contributed by atoms with Gasteiger partial charge in [-0.1, -0.05) is 12.5 Å². The number of rotatable bonds is 3. The molecule has 13 heavy (non-hydrogen) atoms. The average Bonchev–Trinajstić information content (AvgIpc) is 2.08. The molecular formula is C11H16O2. The van der Waals surface area contributed by atoms with Gasteiger partial charge in [0.1, 0.15) is 5.78 Å². The van der Waals surface area contributed by atoms with E-state index in [2.05, 4.69) is 0 Å². The van der Waals surface area contributed by atoms with Gasteiger partial charge in [-0.15, -0.1) is 0 Å². The number of hydrogen-bond donors (Lipinski definition) is 0. The van der Waals surface area contributed by atoms with Crippen LogP contribution in [-0.4, -0.2) is 11.6 Å². The summed E-state index contributed by atoms with van der Waals surface area (Å²) in [7, 11) is 0. The highest BCUT2D eigenvalue weighted by molar-refractivity contribution is 5.87. The minimum absolute atomic E-state index is 0.0586. The number of carbonyl (C=O) groups is 2. The first-order chi connectivity index (χ1) is 6.20. The van der Waals surface area contributed by atoms with Gasteiger partial charge in [-0.25, -0.2) is 0 Å². The molecule has 1 unspecified atom stereocenters. The summed E-state index contributed by atoms with van der Waals surface area (Å²) < 4.78 is 0. The molecule has 0 aliphatic heterocycles. The highest BCUT2D eigenvalue weighted by Crippen LogP contribution is 2.23. The van der Waals surface area contributed by atoms with E-state index < -0.39 is 0 Å². The van der Waals surface area contributed by atoms with Crippen molar-refractivity contribution in [1.82, 2.24) is 0 Å². The van der Waals surface area contributed by atoms with Crippen LogP contribution in [0.15, 0.2) is 12.2 Å². The lowest BCUT2D eigenvalue weighted by molar-refractivity contribution is -0.124. The number of carbonyl (C=O) groups excluding carboxylic acids is 2. The highest BCUT2D eigenvalue weighted by atomic mass is 16.1. The van der Waals surface area contributed by atoms with E-state index in [0.29, 0.717) is 5.78 Å². The molecular weight excluding hydrogens is 164 g/mol. The standard InChI is InChI=1S/C11H16O2/c1-9(12)5-4-7-10-6-2-3-8-11(10)13/h4-5,10H,2-3,6-8H2,1H3/b5-4+. The van der Waals surface area contributed by atoms with E-state index in [1.165, 1.54) is 6.92 Å². The molecule has 0 aromatic carbocycles. The molecule has 2 nitrogen and oxygen atoms in total. The van der Waals surface area contributed by atoms with Crippen LogP contribution in [-0.2, 0) is 9.59 Å². The minimum atomic E-state index is 0.0586. The summed E-state index contributed by atoms with van der Waals surface area (Å²) in [6, 6.07) is 0. The minimum Gasteiger partial charge on any atom is -0.299 e. The summed E-state index contributed by atoms with van der Waals surface area (Å²) in [6.45, 7) is 1.53. The Kier molecular flexibility index (Phi) is 3.87. The fraction of sp³-hybridized carbons (Fsp3) is 0.636. The van der Waals surface area contributed by atoms with Crippen LogP contribution in [0.2, 0.25) is 0 Å². The van der Waals surface area contributed by atoms with Gasteiger partial charge in [0.25, 0.3) is 0 Å². The second-order valence-corrected chi connectivity index (χ2v) is 3.66. The maximum Gasteiger partial charge on any atom is 0.152 e. The lowest BCUT2D eigenvalue weighted by Crippen LogP contribution is -2.18. The van der Waals surface area contributed by atoms with Crippen LogP contribution in [0.25, 0.3) is 0 Å². The van der Waals surface area contributed by atoms with Crippen LogP contribution in [0.1, 0.15) is 39.0 Å². The topological polar surface area (TPSA) is 34.1 Å². The molecule has 0 aromatic heterocycles. The first kappa shape index (κ1) is 10.2. The first-order valence-corrected chi connectivity index (χ1v) is 4.90. The maximum atomic E-state index is 11.4. The normalized spacial score (nSPS) is 23.8. The summed E-state index contributed by atoms with van der Waals surface area (Å²) in [4.78, 5) is 21.9. The average molecular weight is 180 g/mol. The van der Waals surface area contributed by atoms with E-state index in [0.717, 1.165) is 32.1 Å². The molecule has 1 aliphatic carbocycles. The molecule has 72 valence electrons. The third-order valence-corrected chi connectivity index (χ3v) is 2.45. The van der Waals surface area contributed by atoms with Crippen molar-refractivity contribution in [3.8, 4) is 0 Å². The molecule has 1 atom stereocenters. The van der Waals surface area contributed by atoms with E-state index in [4.69, 9.17) is 0 Å². The first-order valence-electron chi connectivity index (χ1n) is 4.90. The van der Waals surface area contributed by atoms with Gasteiger partial charge in [-0.05, 0) is 32.3 Å². The van der Waals surface area contributed by atoms with Crippen molar-refractivity contribution in [3.63, 3.8) is 0 Å². The van der Waals surface area contributed by atoms with Crippen LogP contribution < -0.4 is 0 Å². The van der Waals surface area contributed by atoms with E-state index in [1.807, 2.05) is 6.08 Å². The Morgan fingerprint density at radius 1 is 1.54 bits per heavy atom. The van der Waals surface area contributed by atoms with Gasteiger partial charge in [0.15, 0.2) is 5.78 Å². The number of allylic oxidation sites excluding steroid dienone is 2. The summed E-state index contributed by atoms with van der Waals surface area (Å²) in [6.07, 6.45) is 8.08. The maximum absolute atomic E-state index is 11.4. The molecule has 0 bridgehead atoms. The highest BCUT2D eigenvalue weighted by Gasteiger charge is 2.20. The van der Waals surface area contributed by atoms with Gasteiger partial charge in [-0.2, -0.15) is 0 Å². The van der Waals surface area contributed by atoms with Crippen LogP contribution in [0.4, 0.5) is 0 Å². The van der Waals surface area contributed by atoms with Gasteiger partial charge in [0.05, 0.1) is 0 Å². The van der Waals surface area contributed by atoms with Crippen molar-refractivity contribution >= 4 is 11.6 Å². The summed E-state index contributed by atoms with van der Waals surface area (Å²) in [5, 5.41) is 0. The van der Waals surface area contributed by atoms with Gasteiger partial charge in [0, 0.05) is 12.3 Å². The zero-order chi connectivity index (χ0) is 9.68. The van der Waals surface area contributed by atoms with Gasteiger partial charge < -0.3 is 0 Å².